The maximum atomic E-state index is 10.5. The Hall–Kier alpha value is -1.86. The Bertz CT molecular complexity index is 434. The zero-order valence-electron chi connectivity index (χ0n) is 13.5. The number of rotatable bonds is 13. The second-order valence-corrected chi connectivity index (χ2v) is 5.44. The van der Waals surface area contributed by atoms with Gasteiger partial charge in [-0.1, -0.05) is 19.8 Å². The summed E-state index contributed by atoms with van der Waals surface area (Å²) in [6, 6.07) is -0.0167. The highest BCUT2D eigenvalue weighted by molar-refractivity contribution is 5.34. The topological polar surface area (TPSA) is 88.3 Å². The van der Waals surface area contributed by atoms with Gasteiger partial charge >= 0.3 is 0 Å². The van der Waals surface area contributed by atoms with Gasteiger partial charge in [-0.3, -0.25) is 0 Å². The average Bonchev–Trinajstić information content (AvgIpc) is 2.50. The number of isocyanates is 3. The number of hydrogen-bond donors (Lipinski definition) is 0. The van der Waals surface area contributed by atoms with Crippen LogP contribution in [-0.2, 0) is 14.4 Å². The molecule has 0 aliphatic rings. The predicted octanol–water partition coefficient (Wildman–Crippen LogP) is 3.26. The molecule has 22 heavy (non-hydrogen) atoms. The lowest BCUT2D eigenvalue weighted by Gasteiger charge is -2.12. The highest BCUT2D eigenvalue weighted by Gasteiger charge is 2.09. The Morgan fingerprint density at radius 1 is 0.727 bits per heavy atom. The molecule has 3 unspecified atom stereocenters. The Morgan fingerprint density at radius 2 is 1.23 bits per heavy atom. The van der Waals surface area contributed by atoms with Crippen molar-refractivity contribution in [1.82, 2.24) is 0 Å². The molecule has 0 fully saturated rings. The largest absolute Gasteiger partial charge is 0.235 e. The van der Waals surface area contributed by atoms with Crippen molar-refractivity contribution in [1.29, 1.82) is 0 Å². The molecule has 0 rings (SSSR count). The van der Waals surface area contributed by atoms with Crippen molar-refractivity contribution in [2.24, 2.45) is 15.0 Å². The second kappa shape index (κ2) is 14.1. The highest BCUT2D eigenvalue weighted by Crippen LogP contribution is 2.16. The number of aliphatic imine (C=N–C) groups is 3. The van der Waals surface area contributed by atoms with Crippen LogP contribution in [0.5, 0.6) is 0 Å². The molecule has 0 N–H and O–H groups in total. The molecule has 0 aliphatic heterocycles. The van der Waals surface area contributed by atoms with Crippen LogP contribution in [0.25, 0.3) is 0 Å². The van der Waals surface area contributed by atoms with Crippen molar-refractivity contribution in [2.45, 2.75) is 83.3 Å². The highest BCUT2D eigenvalue weighted by atomic mass is 16.1. The van der Waals surface area contributed by atoms with E-state index in [1.165, 1.54) is 0 Å². The maximum Gasteiger partial charge on any atom is 0.235 e. The molecule has 122 valence electrons. The fourth-order valence-corrected chi connectivity index (χ4v) is 2.35. The van der Waals surface area contributed by atoms with Gasteiger partial charge in [-0.2, -0.15) is 0 Å². The van der Waals surface area contributed by atoms with Crippen molar-refractivity contribution >= 4 is 18.2 Å². The van der Waals surface area contributed by atoms with Crippen molar-refractivity contribution in [3.63, 3.8) is 0 Å². The maximum absolute atomic E-state index is 10.5. The van der Waals surface area contributed by atoms with Gasteiger partial charge in [0.25, 0.3) is 0 Å². The summed E-state index contributed by atoms with van der Waals surface area (Å²) in [5.41, 5.74) is 0. The molecule has 0 aliphatic carbocycles. The van der Waals surface area contributed by atoms with Crippen molar-refractivity contribution in [3.8, 4) is 0 Å². The van der Waals surface area contributed by atoms with Crippen LogP contribution in [0.2, 0.25) is 0 Å². The first-order chi connectivity index (χ1) is 10.7. The van der Waals surface area contributed by atoms with Gasteiger partial charge in [0.1, 0.15) is 0 Å². The van der Waals surface area contributed by atoms with Crippen LogP contribution in [0, 0.1) is 0 Å². The third-order valence-electron chi connectivity index (χ3n) is 3.70. The van der Waals surface area contributed by atoms with Gasteiger partial charge in [-0.05, 0) is 45.4 Å². The van der Waals surface area contributed by atoms with Crippen molar-refractivity contribution in [2.75, 3.05) is 0 Å². The quantitative estimate of drug-likeness (QED) is 0.297. The fraction of sp³-hybridized carbons (Fsp3) is 0.812. The van der Waals surface area contributed by atoms with E-state index in [1.807, 2.05) is 13.8 Å². The molecular weight excluding hydrogens is 282 g/mol. The van der Waals surface area contributed by atoms with E-state index < -0.39 is 0 Å². The van der Waals surface area contributed by atoms with Crippen LogP contribution in [0.3, 0.4) is 0 Å². The summed E-state index contributed by atoms with van der Waals surface area (Å²) in [5.74, 6) is 0. The molecule has 0 heterocycles. The fourth-order valence-electron chi connectivity index (χ4n) is 2.35. The third kappa shape index (κ3) is 10.9. The molecular formula is C16H25N3O3. The monoisotopic (exact) mass is 307 g/mol. The van der Waals surface area contributed by atoms with Gasteiger partial charge in [0.15, 0.2) is 0 Å². The molecule has 0 bridgehead atoms. The molecule has 3 atom stereocenters. The van der Waals surface area contributed by atoms with Crippen LogP contribution >= 0.6 is 0 Å². The summed E-state index contributed by atoms with van der Waals surface area (Å²) < 4.78 is 0. The minimum absolute atomic E-state index is 0.0282. The lowest BCUT2D eigenvalue weighted by molar-refractivity contribution is 0.467. The van der Waals surface area contributed by atoms with Crippen LogP contribution in [0.1, 0.15) is 65.2 Å². The normalized spacial score (nSPS) is 13.9. The zero-order valence-corrected chi connectivity index (χ0v) is 13.5. The predicted molar refractivity (Wildman–Crippen MR) is 84.0 cm³/mol. The van der Waals surface area contributed by atoms with Gasteiger partial charge in [-0.25, -0.2) is 29.4 Å². The lowest BCUT2D eigenvalue weighted by Crippen LogP contribution is -2.08. The molecule has 0 radical (unpaired) electrons. The molecule has 0 aromatic rings. The Balaban J connectivity index is 4.01. The van der Waals surface area contributed by atoms with E-state index in [2.05, 4.69) is 15.0 Å². The lowest BCUT2D eigenvalue weighted by atomic mass is 10.00. The molecule has 0 spiro atoms. The summed E-state index contributed by atoms with van der Waals surface area (Å²) in [4.78, 5) is 42.1. The standard InChI is InChI=1S/C16H25N3O3/c1-3-15(18-12-21)8-4-5-9-16(19-13-22)10-6-7-14(2)17-11-20/h14-16H,3-10H2,1-2H3. The number of hydrogen-bond acceptors (Lipinski definition) is 6. The molecule has 0 amide bonds. The molecule has 6 heteroatoms. The minimum Gasteiger partial charge on any atom is -0.211 e. The third-order valence-corrected chi connectivity index (χ3v) is 3.70. The number of carbonyl (C=O) groups excluding carboxylic acids is 3. The van der Waals surface area contributed by atoms with Crippen LogP contribution in [-0.4, -0.2) is 36.4 Å². The van der Waals surface area contributed by atoms with E-state index >= 15 is 0 Å². The van der Waals surface area contributed by atoms with Crippen molar-refractivity contribution < 1.29 is 14.4 Å². The van der Waals surface area contributed by atoms with Crippen molar-refractivity contribution in [3.05, 3.63) is 0 Å². The van der Waals surface area contributed by atoms with E-state index in [0.29, 0.717) is 0 Å². The van der Waals surface area contributed by atoms with Crippen LogP contribution in [0.4, 0.5) is 0 Å². The summed E-state index contributed by atoms with van der Waals surface area (Å²) in [5, 5.41) is 0. The van der Waals surface area contributed by atoms with Gasteiger partial charge in [0.05, 0.1) is 18.1 Å². The first-order valence-corrected chi connectivity index (χ1v) is 7.88. The molecule has 0 saturated heterocycles. The zero-order chi connectivity index (χ0) is 16.6. The number of nitrogens with zero attached hydrogens (tertiary/aromatic N) is 3. The summed E-state index contributed by atoms with van der Waals surface area (Å²) in [7, 11) is 0. The second-order valence-electron chi connectivity index (χ2n) is 5.44. The Labute approximate surface area is 131 Å². The summed E-state index contributed by atoms with van der Waals surface area (Å²) >= 11 is 0. The summed E-state index contributed by atoms with van der Waals surface area (Å²) in [6.07, 6.45) is 11.6. The van der Waals surface area contributed by atoms with Gasteiger partial charge in [0.2, 0.25) is 18.2 Å². The summed E-state index contributed by atoms with van der Waals surface area (Å²) in [6.45, 7) is 3.86. The smallest absolute Gasteiger partial charge is 0.211 e. The molecule has 0 saturated carbocycles. The van der Waals surface area contributed by atoms with E-state index in [-0.39, 0.29) is 18.1 Å². The van der Waals surface area contributed by atoms with E-state index in [4.69, 9.17) is 0 Å². The van der Waals surface area contributed by atoms with E-state index in [0.717, 1.165) is 51.4 Å². The first-order valence-electron chi connectivity index (χ1n) is 7.88. The molecule has 0 aromatic carbocycles. The first kappa shape index (κ1) is 20.1. The van der Waals surface area contributed by atoms with E-state index in [9.17, 15) is 14.4 Å². The van der Waals surface area contributed by atoms with Crippen LogP contribution in [0.15, 0.2) is 15.0 Å². The molecule has 0 aromatic heterocycles. The van der Waals surface area contributed by atoms with E-state index in [1.54, 1.807) is 18.2 Å². The minimum atomic E-state index is -0.0372. The van der Waals surface area contributed by atoms with Gasteiger partial charge in [-0.15, -0.1) is 0 Å². The molecule has 6 nitrogen and oxygen atoms in total. The Kier molecular flexibility index (Phi) is 12.9. The number of unbranched alkanes of at least 4 members (excludes halogenated alkanes) is 1. The average molecular weight is 307 g/mol. The Morgan fingerprint density at radius 3 is 1.77 bits per heavy atom. The van der Waals surface area contributed by atoms with Gasteiger partial charge < -0.3 is 0 Å². The van der Waals surface area contributed by atoms with Crippen LogP contribution < -0.4 is 0 Å². The van der Waals surface area contributed by atoms with Gasteiger partial charge in [0, 0.05) is 0 Å². The SMILES string of the molecule is CCC(CCCCC(CCCC(C)N=C=O)N=C=O)N=C=O.